The molecule has 3 rings (SSSR count). The zero-order valence-electron chi connectivity index (χ0n) is 16.2. The SMILES string of the molecule is CCOc1ccc(C(=O)N2CCC3(CC2)N(CCOC)C(=O)CS3(=O)=O)cc1. The van der Waals surface area contributed by atoms with Crippen molar-refractivity contribution in [3.8, 4) is 5.75 Å². The second kappa shape index (κ2) is 8.08. The molecule has 2 saturated heterocycles. The summed E-state index contributed by atoms with van der Waals surface area (Å²) < 4.78 is 35.9. The van der Waals surface area contributed by atoms with Crippen molar-refractivity contribution in [2.24, 2.45) is 0 Å². The fraction of sp³-hybridized carbons (Fsp3) is 0.579. The van der Waals surface area contributed by atoms with Crippen LogP contribution in [-0.2, 0) is 19.4 Å². The number of likely N-dealkylation sites (tertiary alicyclic amines) is 1. The number of amides is 2. The van der Waals surface area contributed by atoms with Crippen LogP contribution in [0.5, 0.6) is 5.75 Å². The minimum atomic E-state index is -3.60. The number of hydrogen-bond acceptors (Lipinski definition) is 6. The lowest BCUT2D eigenvalue weighted by molar-refractivity contribution is -0.131. The molecular weight excluding hydrogens is 384 g/mol. The number of carbonyl (C=O) groups excluding carboxylic acids is 2. The average Bonchev–Trinajstić information content (AvgIpc) is 2.86. The summed E-state index contributed by atoms with van der Waals surface area (Å²) in [6.07, 6.45) is 0.432. The molecule has 0 N–H and O–H groups in total. The Morgan fingerprint density at radius 2 is 1.82 bits per heavy atom. The summed E-state index contributed by atoms with van der Waals surface area (Å²) in [4.78, 5) is 26.9. The van der Waals surface area contributed by atoms with Crippen LogP contribution < -0.4 is 4.74 Å². The normalized spacial score (nSPS) is 20.6. The van der Waals surface area contributed by atoms with Gasteiger partial charge in [-0.2, -0.15) is 0 Å². The van der Waals surface area contributed by atoms with Crippen LogP contribution in [0.4, 0.5) is 0 Å². The molecule has 2 aliphatic heterocycles. The molecule has 0 atom stereocenters. The predicted molar refractivity (Wildman–Crippen MR) is 103 cm³/mol. The minimum absolute atomic E-state index is 0.150. The zero-order chi connectivity index (χ0) is 20.4. The van der Waals surface area contributed by atoms with E-state index in [9.17, 15) is 18.0 Å². The Labute approximate surface area is 165 Å². The number of piperidine rings is 1. The van der Waals surface area contributed by atoms with Crippen LogP contribution in [0.1, 0.15) is 30.1 Å². The topological polar surface area (TPSA) is 93.2 Å². The van der Waals surface area contributed by atoms with Gasteiger partial charge in [-0.1, -0.05) is 0 Å². The molecule has 2 fully saturated rings. The monoisotopic (exact) mass is 410 g/mol. The highest BCUT2D eigenvalue weighted by Gasteiger charge is 2.58. The van der Waals surface area contributed by atoms with Gasteiger partial charge in [0.2, 0.25) is 5.91 Å². The fourth-order valence-electron chi connectivity index (χ4n) is 3.96. The van der Waals surface area contributed by atoms with Gasteiger partial charge in [0.25, 0.3) is 5.91 Å². The predicted octanol–water partition coefficient (Wildman–Crippen LogP) is 0.921. The standard InChI is InChI=1S/C19H26N2O6S/c1-3-27-16-6-4-15(5-7-16)18(23)20-10-8-19(9-11-20)21(12-13-26-2)17(22)14-28(19,24)25/h4-7H,3,8-14H2,1-2H3. The third kappa shape index (κ3) is 3.60. The fourth-order valence-corrected chi connectivity index (χ4v) is 6.05. The molecule has 0 unspecified atom stereocenters. The Kier molecular flexibility index (Phi) is 5.95. The molecule has 0 radical (unpaired) electrons. The van der Waals surface area contributed by atoms with E-state index < -0.39 is 20.5 Å². The van der Waals surface area contributed by atoms with Gasteiger partial charge in [0.05, 0.1) is 13.2 Å². The minimum Gasteiger partial charge on any atom is -0.494 e. The summed E-state index contributed by atoms with van der Waals surface area (Å²) >= 11 is 0. The van der Waals surface area contributed by atoms with Crippen LogP contribution in [0.25, 0.3) is 0 Å². The molecule has 1 aromatic carbocycles. The lowest BCUT2D eigenvalue weighted by Crippen LogP contribution is -2.57. The van der Waals surface area contributed by atoms with E-state index in [4.69, 9.17) is 9.47 Å². The van der Waals surface area contributed by atoms with Crippen LogP contribution in [0.2, 0.25) is 0 Å². The van der Waals surface area contributed by atoms with Gasteiger partial charge in [-0.3, -0.25) is 9.59 Å². The second-order valence-electron chi connectivity index (χ2n) is 6.99. The molecular formula is C19H26N2O6S. The van der Waals surface area contributed by atoms with E-state index in [1.165, 1.54) is 12.0 Å². The van der Waals surface area contributed by atoms with Crippen molar-refractivity contribution in [3.63, 3.8) is 0 Å². The van der Waals surface area contributed by atoms with Crippen LogP contribution >= 0.6 is 0 Å². The highest BCUT2D eigenvalue weighted by molar-refractivity contribution is 7.93. The molecule has 0 aliphatic carbocycles. The summed E-state index contributed by atoms with van der Waals surface area (Å²) in [7, 11) is -2.08. The number of methoxy groups -OCH3 is 1. The van der Waals surface area contributed by atoms with E-state index in [-0.39, 0.29) is 50.9 Å². The molecule has 1 aromatic rings. The highest BCUT2D eigenvalue weighted by atomic mass is 32.2. The summed E-state index contributed by atoms with van der Waals surface area (Å²) in [5.74, 6) is -0.309. The van der Waals surface area contributed by atoms with Crippen LogP contribution in [0.15, 0.2) is 24.3 Å². The first kappa shape index (κ1) is 20.6. The number of carbonyl (C=O) groups is 2. The maximum atomic E-state index is 12.8. The number of rotatable bonds is 6. The van der Waals surface area contributed by atoms with Gasteiger partial charge >= 0.3 is 0 Å². The molecule has 28 heavy (non-hydrogen) atoms. The van der Waals surface area contributed by atoms with Gasteiger partial charge in [0, 0.05) is 45.1 Å². The molecule has 2 heterocycles. The first-order valence-electron chi connectivity index (χ1n) is 9.38. The van der Waals surface area contributed by atoms with E-state index in [1.807, 2.05) is 6.92 Å². The zero-order valence-corrected chi connectivity index (χ0v) is 17.0. The molecule has 8 nitrogen and oxygen atoms in total. The third-order valence-corrected chi connectivity index (χ3v) is 7.86. The van der Waals surface area contributed by atoms with Crippen molar-refractivity contribution in [2.45, 2.75) is 24.6 Å². The van der Waals surface area contributed by atoms with Gasteiger partial charge in [-0.25, -0.2) is 8.42 Å². The quantitative estimate of drug-likeness (QED) is 0.692. The van der Waals surface area contributed by atoms with Crippen LogP contribution in [-0.4, -0.2) is 80.6 Å². The summed E-state index contributed by atoms with van der Waals surface area (Å²) in [5, 5.41) is 0. The van der Waals surface area contributed by atoms with Gasteiger partial charge in [0.1, 0.15) is 16.4 Å². The number of nitrogens with zero attached hydrogens (tertiary/aromatic N) is 2. The van der Waals surface area contributed by atoms with E-state index >= 15 is 0 Å². The number of ether oxygens (including phenoxy) is 2. The number of hydrogen-bond donors (Lipinski definition) is 0. The summed E-state index contributed by atoms with van der Waals surface area (Å²) in [5.41, 5.74) is 0.529. The van der Waals surface area contributed by atoms with Crippen molar-refractivity contribution in [1.29, 1.82) is 0 Å². The van der Waals surface area contributed by atoms with Crippen molar-refractivity contribution >= 4 is 21.7 Å². The van der Waals surface area contributed by atoms with E-state index in [0.29, 0.717) is 17.9 Å². The molecule has 9 heteroatoms. The van der Waals surface area contributed by atoms with Crippen molar-refractivity contribution < 1.29 is 27.5 Å². The smallest absolute Gasteiger partial charge is 0.253 e. The first-order chi connectivity index (χ1) is 13.3. The van der Waals surface area contributed by atoms with E-state index in [0.717, 1.165) is 0 Å². The van der Waals surface area contributed by atoms with Gasteiger partial charge in [-0.05, 0) is 31.2 Å². The number of benzene rings is 1. The molecule has 154 valence electrons. The van der Waals surface area contributed by atoms with E-state index in [1.54, 1.807) is 29.2 Å². The van der Waals surface area contributed by atoms with Gasteiger partial charge in [0.15, 0.2) is 9.84 Å². The lowest BCUT2D eigenvalue weighted by Gasteiger charge is -2.43. The molecule has 1 spiro atoms. The molecule has 0 aromatic heterocycles. The second-order valence-corrected chi connectivity index (χ2v) is 9.27. The maximum Gasteiger partial charge on any atom is 0.253 e. The van der Waals surface area contributed by atoms with E-state index in [2.05, 4.69) is 0 Å². The molecule has 0 saturated carbocycles. The van der Waals surface area contributed by atoms with Crippen molar-refractivity contribution in [1.82, 2.24) is 9.80 Å². The Balaban J connectivity index is 1.73. The lowest BCUT2D eigenvalue weighted by atomic mass is 10.0. The van der Waals surface area contributed by atoms with Crippen molar-refractivity contribution in [3.05, 3.63) is 29.8 Å². The number of sulfone groups is 1. The molecule has 0 bridgehead atoms. The Morgan fingerprint density at radius 3 is 2.39 bits per heavy atom. The molecule has 2 amide bonds. The molecule has 2 aliphatic rings. The van der Waals surface area contributed by atoms with Crippen LogP contribution in [0, 0.1) is 0 Å². The highest BCUT2D eigenvalue weighted by Crippen LogP contribution is 2.40. The van der Waals surface area contributed by atoms with Gasteiger partial charge < -0.3 is 19.3 Å². The largest absolute Gasteiger partial charge is 0.494 e. The third-order valence-electron chi connectivity index (χ3n) is 5.45. The Morgan fingerprint density at radius 1 is 1.18 bits per heavy atom. The van der Waals surface area contributed by atoms with Crippen LogP contribution in [0.3, 0.4) is 0 Å². The summed E-state index contributed by atoms with van der Waals surface area (Å²) in [6.45, 7) is 3.51. The maximum absolute atomic E-state index is 12.8. The Hall–Kier alpha value is -2.13. The average molecular weight is 410 g/mol. The van der Waals surface area contributed by atoms with Crippen molar-refractivity contribution in [2.75, 3.05) is 45.7 Å². The first-order valence-corrected chi connectivity index (χ1v) is 11.0. The Bertz CT molecular complexity index is 828. The summed E-state index contributed by atoms with van der Waals surface area (Å²) in [6, 6.07) is 6.90. The van der Waals surface area contributed by atoms with Gasteiger partial charge in [-0.15, -0.1) is 0 Å².